The Morgan fingerprint density at radius 1 is 1.03 bits per heavy atom. The molecule has 0 radical (unpaired) electrons. The van der Waals surface area contributed by atoms with Gasteiger partial charge in [0, 0.05) is 32.5 Å². The van der Waals surface area contributed by atoms with Gasteiger partial charge in [0.1, 0.15) is 5.75 Å². The first-order valence-corrected chi connectivity index (χ1v) is 11.8. The van der Waals surface area contributed by atoms with Crippen molar-refractivity contribution in [3.05, 3.63) is 59.7 Å². The molecule has 0 aromatic heterocycles. The number of nitrogens with one attached hydrogen (secondary N) is 1. The van der Waals surface area contributed by atoms with E-state index in [1.807, 2.05) is 0 Å². The zero-order chi connectivity index (χ0) is 23.6. The van der Waals surface area contributed by atoms with Gasteiger partial charge in [-0.2, -0.15) is 8.42 Å². The van der Waals surface area contributed by atoms with Crippen LogP contribution in [0, 0.1) is 0 Å². The number of esters is 1. The maximum absolute atomic E-state index is 12.9. The van der Waals surface area contributed by atoms with E-state index in [1.54, 1.807) is 55.3 Å². The second kappa shape index (κ2) is 12.1. The van der Waals surface area contributed by atoms with E-state index in [0.29, 0.717) is 37.4 Å². The second-order valence-electron chi connectivity index (χ2n) is 6.93. The third kappa shape index (κ3) is 8.56. The molecule has 0 bridgehead atoms. The highest BCUT2D eigenvalue weighted by Gasteiger charge is 2.15. The Hall–Kier alpha value is -3.11. The van der Waals surface area contributed by atoms with Gasteiger partial charge >= 0.3 is 22.1 Å². The van der Waals surface area contributed by atoms with E-state index in [-0.39, 0.29) is 18.4 Å². The number of nitrogens with zero attached hydrogens (tertiary/aromatic N) is 1. The first-order valence-electron chi connectivity index (χ1n) is 10.0. The lowest BCUT2D eigenvalue weighted by molar-refractivity contribution is 0.0526. The number of carbonyl (C=O) groups is 2. The van der Waals surface area contributed by atoms with Crippen molar-refractivity contribution in [2.45, 2.75) is 19.9 Å². The molecule has 0 saturated carbocycles. The predicted octanol–water partition coefficient (Wildman–Crippen LogP) is 3.27. The SMILES string of the molecule is CCOC(=O)c1ccc(NC(=O)N(CCCOC)Cc2ccc(OS(C)(=O)=O)cc2)cc1. The molecule has 0 aliphatic carbocycles. The molecule has 0 saturated heterocycles. The van der Waals surface area contributed by atoms with Crippen LogP contribution >= 0.6 is 0 Å². The number of amides is 2. The Balaban J connectivity index is 2.07. The fraction of sp³-hybridized carbons (Fsp3) is 0.364. The largest absolute Gasteiger partial charge is 0.462 e. The summed E-state index contributed by atoms with van der Waals surface area (Å²) in [6.07, 6.45) is 1.61. The van der Waals surface area contributed by atoms with Crippen LogP contribution in [-0.2, 0) is 26.1 Å². The fourth-order valence-corrected chi connectivity index (χ4v) is 3.27. The Morgan fingerprint density at radius 2 is 1.69 bits per heavy atom. The molecule has 0 aliphatic rings. The van der Waals surface area contributed by atoms with Crippen molar-refractivity contribution >= 4 is 27.8 Å². The van der Waals surface area contributed by atoms with Crippen molar-refractivity contribution in [3.63, 3.8) is 0 Å². The molecule has 0 atom stereocenters. The summed E-state index contributed by atoms with van der Waals surface area (Å²) in [4.78, 5) is 26.2. The van der Waals surface area contributed by atoms with Crippen molar-refractivity contribution in [3.8, 4) is 5.75 Å². The fourth-order valence-electron chi connectivity index (χ4n) is 2.80. The predicted molar refractivity (Wildman–Crippen MR) is 120 cm³/mol. The Labute approximate surface area is 188 Å². The van der Waals surface area contributed by atoms with Crippen LogP contribution in [-0.4, -0.2) is 58.4 Å². The minimum Gasteiger partial charge on any atom is -0.462 e. The average Bonchev–Trinajstić information content (AvgIpc) is 2.74. The molecule has 0 heterocycles. The minimum absolute atomic E-state index is 0.202. The van der Waals surface area contributed by atoms with Crippen LogP contribution in [0.3, 0.4) is 0 Å². The smallest absolute Gasteiger partial charge is 0.338 e. The number of ether oxygens (including phenoxy) is 2. The molecular weight excluding hydrogens is 436 g/mol. The molecule has 174 valence electrons. The van der Waals surface area contributed by atoms with Crippen LogP contribution in [0.15, 0.2) is 48.5 Å². The van der Waals surface area contributed by atoms with Crippen molar-refractivity contribution < 1.29 is 31.7 Å². The van der Waals surface area contributed by atoms with E-state index in [2.05, 4.69) is 5.32 Å². The molecule has 32 heavy (non-hydrogen) atoms. The minimum atomic E-state index is -3.61. The number of carbonyl (C=O) groups excluding carboxylic acids is 2. The number of benzene rings is 2. The van der Waals surface area contributed by atoms with E-state index in [1.165, 1.54) is 12.1 Å². The van der Waals surface area contributed by atoms with Gasteiger partial charge in [-0.25, -0.2) is 9.59 Å². The van der Waals surface area contributed by atoms with E-state index < -0.39 is 16.1 Å². The van der Waals surface area contributed by atoms with Crippen LogP contribution in [0.5, 0.6) is 5.75 Å². The van der Waals surface area contributed by atoms with Gasteiger partial charge in [-0.3, -0.25) is 0 Å². The molecule has 2 aromatic carbocycles. The zero-order valence-corrected chi connectivity index (χ0v) is 19.2. The summed E-state index contributed by atoms with van der Waals surface area (Å²) in [7, 11) is -2.01. The van der Waals surface area contributed by atoms with Gasteiger partial charge in [0.25, 0.3) is 0 Å². The second-order valence-corrected chi connectivity index (χ2v) is 8.50. The Bertz CT molecular complexity index is 990. The van der Waals surface area contributed by atoms with E-state index in [9.17, 15) is 18.0 Å². The number of hydrogen-bond donors (Lipinski definition) is 1. The summed E-state index contributed by atoms with van der Waals surface area (Å²) < 4.78 is 37.4. The molecule has 0 fully saturated rings. The number of methoxy groups -OCH3 is 1. The lowest BCUT2D eigenvalue weighted by atomic mass is 10.2. The van der Waals surface area contributed by atoms with Crippen LogP contribution in [0.25, 0.3) is 0 Å². The molecule has 0 unspecified atom stereocenters. The molecule has 0 aliphatic heterocycles. The molecule has 0 spiro atoms. The lowest BCUT2D eigenvalue weighted by Gasteiger charge is -2.23. The van der Waals surface area contributed by atoms with Crippen LogP contribution in [0.4, 0.5) is 10.5 Å². The third-order valence-corrected chi connectivity index (χ3v) is 4.75. The van der Waals surface area contributed by atoms with Crippen molar-refractivity contribution in [1.29, 1.82) is 0 Å². The topological polar surface area (TPSA) is 111 Å². The van der Waals surface area contributed by atoms with Crippen molar-refractivity contribution in [1.82, 2.24) is 4.90 Å². The summed E-state index contributed by atoms with van der Waals surface area (Å²) in [6.45, 7) is 3.27. The molecule has 9 nitrogen and oxygen atoms in total. The monoisotopic (exact) mass is 464 g/mol. The standard InChI is InChI=1S/C22H28N2O7S/c1-4-30-21(25)18-8-10-19(11-9-18)23-22(26)24(14-5-15-29-2)16-17-6-12-20(13-7-17)31-32(3,27)28/h6-13H,4-5,14-16H2,1-3H3,(H,23,26). The molecular formula is C22H28N2O7S. The zero-order valence-electron chi connectivity index (χ0n) is 18.4. The number of hydrogen-bond acceptors (Lipinski definition) is 7. The molecule has 1 N–H and O–H groups in total. The summed E-state index contributed by atoms with van der Waals surface area (Å²) in [5, 5.41) is 2.82. The van der Waals surface area contributed by atoms with Crippen LogP contribution < -0.4 is 9.50 Å². The van der Waals surface area contributed by atoms with Crippen LogP contribution in [0.2, 0.25) is 0 Å². The Kier molecular flexibility index (Phi) is 9.48. The summed E-state index contributed by atoms with van der Waals surface area (Å²) >= 11 is 0. The normalized spacial score (nSPS) is 11.0. The summed E-state index contributed by atoms with van der Waals surface area (Å²) in [5.74, 6) is -0.219. The van der Waals surface area contributed by atoms with Gasteiger partial charge in [0.15, 0.2) is 0 Å². The van der Waals surface area contributed by atoms with E-state index in [0.717, 1.165) is 11.8 Å². The van der Waals surface area contributed by atoms with E-state index >= 15 is 0 Å². The first kappa shape index (κ1) is 25.2. The van der Waals surface area contributed by atoms with Crippen LogP contribution in [0.1, 0.15) is 29.3 Å². The molecule has 2 rings (SSSR count). The van der Waals surface area contributed by atoms with Crippen molar-refractivity contribution in [2.24, 2.45) is 0 Å². The van der Waals surface area contributed by atoms with Gasteiger partial charge in [0.05, 0.1) is 18.4 Å². The van der Waals surface area contributed by atoms with Crippen molar-refractivity contribution in [2.75, 3.05) is 38.4 Å². The number of rotatable bonds is 11. The summed E-state index contributed by atoms with van der Waals surface area (Å²) in [5.41, 5.74) is 1.74. The third-order valence-electron chi connectivity index (χ3n) is 4.26. The maximum Gasteiger partial charge on any atom is 0.338 e. The molecule has 10 heteroatoms. The van der Waals surface area contributed by atoms with Gasteiger partial charge in [-0.1, -0.05) is 12.1 Å². The van der Waals surface area contributed by atoms with Gasteiger partial charge in [-0.15, -0.1) is 0 Å². The first-order chi connectivity index (χ1) is 15.2. The van der Waals surface area contributed by atoms with Gasteiger partial charge < -0.3 is 23.9 Å². The summed E-state index contributed by atoms with van der Waals surface area (Å²) in [6, 6.07) is 12.6. The number of urea groups is 1. The lowest BCUT2D eigenvalue weighted by Crippen LogP contribution is -2.35. The Morgan fingerprint density at radius 3 is 2.25 bits per heavy atom. The molecule has 2 amide bonds. The quantitative estimate of drug-likeness (QED) is 0.309. The van der Waals surface area contributed by atoms with Gasteiger partial charge in [-0.05, 0) is 55.3 Å². The average molecular weight is 465 g/mol. The highest BCUT2D eigenvalue weighted by Crippen LogP contribution is 2.17. The number of anilines is 1. The maximum atomic E-state index is 12.9. The van der Waals surface area contributed by atoms with E-state index in [4.69, 9.17) is 13.7 Å². The molecule has 2 aromatic rings. The van der Waals surface area contributed by atoms with Gasteiger partial charge in [0.2, 0.25) is 0 Å². The highest BCUT2D eigenvalue weighted by atomic mass is 32.2. The highest BCUT2D eigenvalue weighted by molar-refractivity contribution is 7.86.